The first kappa shape index (κ1) is 16.0. The standard InChI is InChI=1S/C17H16Cl2N2O2/c18-13-2-4-16(15(19)8-13)23-10-17(22)21-6-5-11-1-3-14(20)7-12(11)9-21/h1-4,7-8H,5-6,9-10,20H2. The number of rotatable bonds is 3. The lowest BCUT2D eigenvalue weighted by Crippen LogP contribution is -2.38. The van der Waals surface area contributed by atoms with Crippen LogP contribution >= 0.6 is 23.2 Å². The molecule has 1 amide bonds. The van der Waals surface area contributed by atoms with Crippen LogP contribution in [-0.2, 0) is 17.8 Å². The Morgan fingerprint density at radius 3 is 2.78 bits per heavy atom. The van der Waals surface area contributed by atoms with Crippen LogP contribution in [0.5, 0.6) is 5.75 Å². The van der Waals surface area contributed by atoms with Crippen LogP contribution in [0.4, 0.5) is 5.69 Å². The molecule has 2 aromatic carbocycles. The summed E-state index contributed by atoms with van der Waals surface area (Å²) in [6.07, 6.45) is 0.822. The number of nitrogens with zero attached hydrogens (tertiary/aromatic N) is 1. The van der Waals surface area contributed by atoms with E-state index in [9.17, 15) is 4.79 Å². The molecule has 0 atom stereocenters. The predicted molar refractivity (Wildman–Crippen MR) is 91.9 cm³/mol. The molecule has 0 saturated carbocycles. The minimum absolute atomic E-state index is 0.0565. The number of amides is 1. The molecule has 0 fully saturated rings. The van der Waals surface area contributed by atoms with Gasteiger partial charge in [-0.3, -0.25) is 4.79 Å². The van der Waals surface area contributed by atoms with Crippen molar-refractivity contribution >= 4 is 34.8 Å². The zero-order valence-corrected chi connectivity index (χ0v) is 13.9. The van der Waals surface area contributed by atoms with Crippen LogP contribution in [0.3, 0.4) is 0 Å². The monoisotopic (exact) mass is 350 g/mol. The number of fused-ring (bicyclic) bond motifs is 1. The minimum atomic E-state index is -0.0795. The van der Waals surface area contributed by atoms with E-state index in [4.69, 9.17) is 33.7 Å². The highest BCUT2D eigenvalue weighted by Crippen LogP contribution is 2.27. The predicted octanol–water partition coefficient (Wildman–Crippen LogP) is 3.54. The lowest BCUT2D eigenvalue weighted by molar-refractivity contribution is -0.134. The Morgan fingerprint density at radius 2 is 2.00 bits per heavy atom. The molecule has 1 heterocycles. The van der Waals surface area contributed by atoms with Crippen LogP contribution in [0.15, 0.2) is 36.4 Å². The van der Waals surface area contributed by atoms with E-state index in [1.165, 1.54) is 5.56 Å². The average Bonchev–Trinajstić information content (AvgIpc) is 2.53. The summed E-state index contributed by atoms with van der Waals surface area (Å²) in [4.78, 5) is 14.1. The van der Waals surface area contributed by atoms with Gasteiger partial charge in [0.05, 0.1) is 5.02 Å². The zero-order valence-electron chi connectivity index (χ0n) is 12.4. The van der Waals surface area contributed by atoms with Crippen molar-refractivity contribution in [3.63, 3.8) is 0 Å². The van der Waals surface area contributed by atoms with Gasteiger partial charge < -0.3 is 15.4 Å². The van der Waals surface area contributed by atoms with E-state index in [1.54, 1.807) is 23.1 Å². The third kappa shape index (κ3) is 3.71. The van der Waals surface area contributed by atoms with Crippen LogP contribution < -0.4 is 10.5 Å². The van der Waals surface area contributed by atoms with Crippen molar-refractivity contribution in [2.24, 2.45) is 0 Å². The molecule has 0 radical (unpaired) electrons. The molecular formula is C17H16Cl2N2O2. The van der Waals surface area contributed by atoms with E-state index in [-0.39, 0.29) is 12.5 Å². The van der Waals surface area contributed by atoms with Crippen LogP contribution in [0.1, 0.15) is 11.1 Å². The Kier molecular flexibility index (Phi) is 4.64. The number of anilines is 1. The van der Waals surface area contributed by atoms with Crippen molar-refractivity contribution in [2.75, 3.05) is 18.9 Å². The Morgan fingerprint density at radius 1 is 1.17 bits per heavy atom. The third-order valence-electron chi connectivity index (χ3n) is 3.84. The van der Waals surface area contributed by atoms with Gasteiger partial charge in [-0.15, -0.1) is 0 Å². The van der Waals surface area contributed by atoms with E-state index >= 15 is 0 Å². The molecule has 2 N–H and O–H groups in total. The summed E-state index contributed by atoms with van der Waals surface area (Å²) >= 11 is 11.9. The van der Waals surface area contributed by atoms with Gasteiger partial charge in [0.2, 0.25) is 0 Å². The summed E-state index contributed by atoms with van der Waals surface area (Å²) in [6.45, 7) is 1.17. The number of hydrogen-bond donors (Lipinski definition) is 1. The molecule has 0 aliphatic carbocycles. The molecule has 4 nitrogen and oxygen atoms in total. The minimum Gasteiger partial charge on any atom is -0.482 e. The number of carbonyl (C=O) groups is 1. The highest BCUT2D eigenvalue weighted by molar-refractivity contribution is 6.35. The van der Waals surface area contributed by atoms with Crippen molar-refractivity contribution in [1.29, 1.82) is 0 Å². The van der Waals surface area contributed by atoms with Gasteiger partial charge in [-0.2, -0.15) is 0 Å². The van der Waals surface area contributed by atoms with Crippen molar-refractivity contribution in [2.45, 2.75) is 13.0 Å². The Labute approximate surface area is 144 Å². The Balaban J connectivity index is 1.63. The second-order valence-electron chi connectivity index (χ2n) is 5.46. The number of halogens is 2. The molecule has 23 heavy (non-hydrogen) atoms. The number of benzene rings is 2. The molecule has 3 rings (SSSR count). The molecule has 1 aliphatic rings. The van der Waals surface area contributed by atoms with Crippen LogP contribution in [0, 0.1) is 0 Å². The van der Waals surface area contributed by atoms with Crippen LogP contribution in [-0.4, -0.2) is 24.0 Å². The Bertz CT molecular complexity index is 749. The summed E-state index contributed by atoms with van der Waals surface area (Å²) in [5.74, 6) is 0.371. The van der Waals surface area contributed by atoms with E-state index in [0.29, 0.717) is 34.6 Å². The van der Waals surface area contributed by atoms with E-state index in [0.717, 1.165) is 12.0 Å². The maximum absolute atomic E-state index is 12.3. The van der Waals surface area contributed by atoms with Crippen molar-refractivity contribution in [3.8, 4) is 5.75 Å². The molecule has 0 bridgehead atoms. The molecule has 1 aliphatic heterocycles. The molecule has 2 aromatic rings. The van der Waals surface area contributed by atoms with Gasteiger partial charge in [-0.25, -0.2) is 0 Å². The van der Waals surface area contributed by atoms with Crippen molar-refractivity contribution < 1.29 is 9.53 Å². The van der Waals surface area contributed by atoms with Crippen molar-refractivity contribution in [1.82, 2.24) is 4.90 Å². The number of ether oxygens (including phenoxy) is 1. The molecule has 0 spiro atoms. The summed E-state index contributed by atoms with van der Waals surface area (Å²) < 4.78 is 5.51. The quantitative estimate of drug-likeness (QED) is 0.861. The van der Waals surface area contributed by atoms with Gasteiger partial charge in [0, 0.05) is 23.8 Å². The van der Waals surface area contributed by atoms with Crippen LogP contribution in [0.25, 0.3) is 0 Å². The SMILES string of the molecule is Nc1ccc2c(c1)CN(C(=O)COc1ccc(Cl)cc1Cl)CC2. The van der Waals surface area contributed by atoms with Gasteiger partial charge in [0.25, 0.3) is 5.91 Å². The van der Waals surface area contributed by atoms with E-state index in [2.05, 4.69) is 0 Å². The average molecular weight is 351 g/mol. The topological polar surface area (TPSA) is 55.6 Å². The summed E-state index contributed by atoms with van der Waals surface area (Å²) in [5.41, 5.74) is 8.86. The Hall–Kier alpha value is -1.91. The third-order valence-corrected chi connectivity index (χ3v) is 4.37. The number of nitrogen functional groups attached to an aromatic ring is 1. The lowest BCUT2D eigenvalue weighted by Gasteiger charge is -2.29. The normalized spacial score (nSPS) is 13.6. The maximum atomic E-state index is 12.3. The van der Waals surface area contributed by atoms with Gasteiger partial charge in [0.15, 0.2) is 6.61 Å². The van der Waals surface area contributed by atoms with Gasteiger partial charge in [-0.1, -0.05) is 29.3 Å². The summed E-state index contributed by atoms with van der Waals surface area (Å²) in [7, 11) is 0. The summed E-state index contributed by atoms with van der Waals surface area (Å²) in [6, 6.07) is 10.8. The highest BCUT2D eigenvalue weighted by atomic mass is 35.5. The summed E-state index contributed by atoms with van der Waals surface area (Å²) in [5, 5.41) is 0.918. The second-order valence-corrected chi connectivity index (χ2v) is 6.30. The molecule has 0 aromatic heterocycles. The zero-order chi connectivity index (χ0) is 16.4. The molecule has 120 valence electrons. The van der Waals surface area contributed by atoms with Gasteiger partial charge in [-0.05, 0) is 47.9 Å². The van der Waals surface area contributed by atoms with Gasteiger partial charge >= 0.3 is 0 Å². The second kappa shape index (κ2) is 6.69. The first-order valence-electron chi connectivity index (χ1n) is 7.26. The molecule has 6 heteroatoms. The van der Waals surface area contributed by atoms with Crippen molar-refractivity contribution in [3.05, 3.63) is 57.6 Å². The largest absolute Gasteiger partial charge is 0.482 e. The van der Waals surface area contributed by atoms with E-state index in [1.807, 2.05) is 18.2 Å². The molecule has 0 unspecified atom stereocenters. The van der Waals surface area contributed by atoms with E-state index < -0.39 is 0 Å². The highest BCUT2D eigenvalue weighted by Gasteiger charge is 2.21. The molecular weight excluding hydrogens is 335 g/mol. The smallest absolute Gasteiger partial charge is 0.260 e. The van der Waals surface area contributed by atoms with Crippen LogP contribution in [0.2, 0.25) is 10.0 Å². The maximum Gasteiger partial charge on any atom is 0.260 e. The fourth-order valence-corrected chi connectivity index (χ4v) is 3.08. The number of carbonyl (C=O) groups excluding carboxylic acids is 1. The lowest BCUT2D eigenvalue weighted by atomic mass is 9.99. The first-order valence-corrected chi connectivity index (χ1v) is 8.01. The first-order chi connectivity index (χ1) is 11.0. The molecule has 0 saturated heterocycles. The fourth-order valence-electron chi connectivity index (χ4n) is 2.61. The fraction of sp³-hybridized carbons (Fsp3) is 0.235. The van der Waals surface area contributed by atoms with Gasteiger partial charge in [0.1, 0.15) is 5.75 Å². The number of nitrogens with two attached hydrogens (primary N) is 1. The number of hydrogen-bond acceptors (Lipinski definition) is 3.